The molecule has 1 aromatic heterocycles. The van der Waals surface area contributed by atoms with Gasteiger partial charge in [0.25, 0.3) is 5.91 Å². The summed E-state index contributed by atoms with van der Waals surface area (Å²) in [6, 6.07) is 8.05. The highest BCUT2D eigenvalue weighted by Gasteiger charge is 2.29. The zero-order valence-corrected chi connectivity index (χ0v) is 14.2. The second-order valence-electron chi connectivity index (χ2n) is 6.71. The Labute approximate surface area is 146 Å². The topological polar surface area (TPSA) is 86.8 Å². The number of carbonyl (C=O) groups excluding carboxylic acids is 1. The number of nitriles is 1. The van der Waals surface area contributed by atoms with E-state index in [2.05, 4.69) is 21.7 Å². The average molecular weight is 336 g/mol. The van der Waals surface area contributed by atoms with Crippen molar-refractivity contribution in [1.82, 2.24) is 25.2 Å². The smallest absolute Gasteiger partial charge is 0.276 e. The fourth-order valence-corrected chi connectivity index (χ4v) is 3.69. The van der Waals surface area contributed by atoms with Gasteiger partial charge in [-0.1, -0.05) is 11.3 Å². The van der Waals surface area contributed by atoms with Crippen molar-refractivity contribution >= 4 is 5.91 Å². The molecule has 25 heavy (non-hydrogen) atoms. The Balaban J connectivity index is 1.54. The minimum atomic E-state index is -0.0904. The third kappa shape index (κ3) is 2.79. The van der Waals surface area contributed by atoms with Crippen molar-refractivity contribution in [3.05, 3.63) is 46.3 Å². The summed E-state index contributed by atoms with van der Waals surface area (Å²) in [5.74, 6) is -0.0904. The standard InChI is InChI=1S/C18H20N6O/c1-12-17(21-22-24(12)16-4-6-20-7-5-16)18(25)23-10-14-3-2-13(9-19)8-15(14)11-23/h2-3,8,16,20H,4-7,10-11H2,1H3. The zero-order chi connectivity index (χ0) is 17.4. The van der Waals surface area contributed by atoms with Crippen molar-refractivity contribution in [2.75, 3.05) is 13.1 Å². The van der Waals surface area contributed by atoms with E-state index in [9.17, 15) is 4.79 Å². The molecule has 0 saturated carbocycles. The Morgan fingerprint density at radius 1 is 1.28 bits per heavy atom. The third-order valence-corrected chi connectivity index (χ3v) is 5.13. The normalized spacial score (nSPS) is 17.4. The maximum absolute atomic E-state index is 12.9. The molecule has 7 nitrogen and oxygen atoms in total. The molecule has 1 saturated heterocycles. The first-order valence-electron chi connectivity index (χ1n) is 8.61. The lowest BCUT2D eigenvalue weighted by molar-refractivity contribution is 0.0744. The van der Waals surface area contributed by atoms with Crippen molar-refractivity contribution in [2.45, 2.75) is 38.9 Å². The second-order valence-corrected chi connectivity index (χ2v) is 6.71. The summed E-state index contributed by atoms with van der Waals surface area (Å²) in [4.78, 5) is 14.7. The molecule has 1 fully saturated rings. The molecule has 128 valence electrons. The van der Waals surface area contributed by atoms with Gasteiger partial charge in [0, 0.05) is 13.1 Å². The number of fused-ring (bicyclic) bond motifs is 1. The fraction of sp³-hybridized carbons (Fsp3) is 0.444. The third-order valence-electron chi connectivity index (χ3n) is 5.13. The number of hydrogen-bond donors (Lipinski definition) is 1. The SMILES string of the molecule is Cc1c(C(=O)N2Cc3ccc(C#N)cc3C2)nnn1C1CCNCC1. The van der Waals surface area contributed by atoms with Crippen LogP contribution in [0.1, 0.15) is 51.8 Å². The summed E-state index contributed by atoms with van der Waals surface area (Å²) in [6.45, 7) is 4.93. The zero-order valence-electron chi connectivity index (χ0n) is 14.2. The molecule has 0 atom stereocenters. The van der Waals surface area contributed by atoms with Gasteiger partial charge in [0.1, 0.15) is 0 Å². The van der Waals surface area contributed by atoms with Crippen LogP contribution in [0.25, 0.3) is 0 Å². The number of hydrogen-bond acceptors (Lipinski definition) is 5. The van der Waals surface area contributed by atoms with E-state index in [1.54, 1.807) is 11.0 Å². The van der Waals surface area contributed by atoms with Crippen molar-refractivity contribution < 1.29 is 4.79 Å². The largest absolute Gasteiger partial charge is 0.329 e. The first-order chi connectivity index (χ1) is 12.2. The number of carbonyl (C=O) groups is 1. The van der Waals surface area contributed by atoms with E-state index in [4.69, 9.17) is 5.26 Å². The quantitative estimate of drug-likeness (QED) is 0.899. The highest BCUT2D eigenvalue weighted by Crippen LogP contribution is 2.26. The van der Waals surface area contributed by atoms with Crippen LogP contribution in [0, 0.1) is 18.3 Å². The van der Waals surface area contributed by atoms with Gasteiger partial charge in [0.15, 0.2) is 5.69 Å². The van der Waals surface area contributed by atoms with Crippen molar-refractivity contribution in [1.29, 1.82) is 5.26 Å². The number of rotatable bonds is 2. The van der Waals surface area contributed by atoms with Crippen LogP contribution in [-0.2, 0) is 13.1 Å². The molecule has 0 aliphatic carbocycles. The molecule has 3 heterocycles. The lowest BCUT2D eigenvalue weighted by Crippen LogP contribution is -2.30. The summed E-state index contributed by atoms with van der Waals surface area (Å²) in [5.41, 5.74) is 4.03. The Kier molecular flexibility index (Phi) is 3.98. The Morgan fingerprint density at radius 2 is 2.04 bits per heavy atom. The summed E-state index contributed by atoms with van der Waals surface area (Å²) in [5, 5.41) is 20.8. The van der Waals surface area contributed by atoms with Gasteiger partial charge in [-0.3, -0.25) is 4.79 Å². The van der Waals surface area contributed by atoms with Gasteiger partial charge in [0.05, 0.1) is 23.4 Å². The minimum absolute atomic E-state index is 0.0904. The van der Waals surface area contributed by atoms with Crippen molar-refractivity contribution in [3.63, 3.8) is 0 Å². The van der Waals surface area contributed by atoms with Gasteiger partial charge < -0.3 is 10.2 Å². The van der Waals surface area contributed by atoms with Crippen LogP contribution in [0.15, 0.2) is 18.2 Å². The predicted octanol–water partition coefficient (Wildman–Crippen LogP) is 1.54. The lowest BCUT2D eigenvalue weighted by Gasteiger charge is -2.23. The number of nitrogens with zero attached hydrogens (tertiary/aromatic N) is 5. The molecule has 0 unspecified atom stereocenters. The summed E-state index contributed by atoms with van der Waals surface area (Å²) < 4.78 is 1.91. The number of amides is 1. The van der Waals surface area contributed by atoms with E-state index in [0.717, 1.165) is 42.8 Å². The highest BCUT2D eigenvalue weighted by atomic mass is 16.2. The molecular weight excluding hydrogens is 316 g/mol. The van der Waals surface area contributed by atoms with Gasteiger partial charge in [-0.05, 0) is 56.1 Å². The molecule has 1 amide bonds. The van der Waals surface area contributed by atoms with Crippen LogP contribution in [0.2, 0.25) is 0 Å². The molecule has 2 aliphatic rings. The summed E-state index contributed by atoms with van der Waals surface area (Å²) in [7, 11) is 0. The van der Waals surface area contributed by atoms with Crippen LogP contribution in [0.5, 0.6) is 0 Å². The van der Waals surface area contributed by atoms with E-state index in [1.165, 1.54) is 0 Å². The number of piperidine rings is 1. The number of aromatic nitrogens is 3. The van der Waals surface area contributed by atoms with E-state index in [0.29, 0.717) is 30.4 Å². The molecule has 7 heteroatoms. The highest BCUT2D eigenvalue weighted by molar-refractivity contribution is 5.93. The Hall–Kier alpha value is -2.72. The molecule has 4 rings (SSSR count). The van der Waals surface area contributed by atoms with Gasteiger partial charge in [0.2, 0.25) is 0 Å². The summed E-state index contributed by atoms with van der Waals surface area (Å²) >= 11 is 0. The van der Waals surface area contributed by atoms with Crippen molar-refractivity contribution in [2.24, 2.45) is 0 Å². The van der Waals surface area contributed by atoms with Crippen LogP contribution < -0.4 is 5.32 Å². The summed E-state index contributed by atoms with van der Waals surface area (Å²) in [6.07, 6.45) is 2.01. The number of nitrogens with one attached hydrogen (secondary N) is 1. The monoisotopic (exact) mass is 336 g/mol. The average Bonchev–Trinajstić information content (AvgIpc) is 3.24. The molecule has 0 spiro atoms. The Bertz CT molecular complexity index is 859. The predicted molar refractivity (Wildman–Crippen MR) is 90.6 cm³/mol. The van der Waals surface area contributed by atoms with Gasteiger partial charge in [-0.25, -0.2) is 4.68 Å². The van der Waals surface area contributed by atoms with E-state index >= 15 is 0 Å². The maximum atomic E-state index is 12.9. The molecular formula is C18H20N6O. The molecule has 2 aromatic rings. The van der Waals surface area contributed by atoms with E-state index in [1.807, 2.05) is 23.7 Å². The number of benzene rings is 1. The maximum Gasteiger partial charge on any atom is 0.276 e. The van der Waals surface area contributed by atoms with Crippen molar-refractivity contribution in [3.8, 4) is 6.07 Å². The van der Waals surface area contributed by atoms with Crippen LogP contribution in [0.4, 0.5) is 0 Å². The fourth-order valence-electron chi connectivity index (χ4n) is 3.69. The van der Waals surface area contributed by atoms with Gasteiger partial charge in [-0.2, -0.15) is 5.26 Å². The van der Waals surface area contributed by atoms with Crippen LogP contribution in [0.3, 0.4) is 0 Å². The first-order valence-corrected chi connectivity index (χ1v) is 8.61. The molecule has 1 N–H and O–H groups in total. The first kappa shape index (κ1) is 15.8. The lowest BCUT2D eigenvalue weighted by atomic mass is 10.1. The van der Waals surface area contributed by atoms with Crippen LogP contribution >= 0.6 is 0 Å². The van der Waals surface area contributed by atoms with Gasteiger partial charge in [-0.15, -0.1) is 5.10 Å². The van der Waals surface area contributed by atoms with Crippen LogP contribution in [-0.4, -0.2) is 38.9 Å². The minimum Gasteiger partial charge on any atom is -0.329 e. The second kappa shape index (κ2) is 6.30. The molecule has 2 aliphatic heterocycles. The Morgan fingerprint density at radius 3 is 2.80 bits per heavy atom. The molecule has 1 aromatic carbocycles. The van der Waals surface area contributed by atoms with Gasteiger partial charge >= 0.3 is 0 Å². The molecule has 0 radical (unpaired) electrons. The van der Waals surface area contributed by atoms with E-state index < -0.39 is 0 Å². The molecule has 0 bridgehead atoms. The van der Waals surface area contributed by atoms with E-state index in [-0.39, 0.29) is 5.91 Å².